The summed E-state index contributed by atoms with van der Waals surface area (Å²) in [5.74, 6) is 0.208. The molecule has 6 aromatic carbocycles. The molecule has 1 heterocycles. The van der Waals surface area contributed by atoms with Crippen molar-refractivity contribution >= 4 is 41.2 Å². The quantitative estimate of drug-likeness (QED) is 0.157. The molecule has 2 N–H and O–H groups in total. The van der Waals surface area contributed by atoms with E-state index >= 15 is 0 Å². The maximum atomic E-state index is 7.52. The van der Waals surface area contributed by atoms with Crippen LogP contribution in [-0.2, 0) is 0 Å². The fourth-order valence-corrected chi connectivity index (χ4v) is 4.73. The van der Waals surface area contributed by atoms with Gasteiger partial charge in [0.1, 0.15) is 11.2 Å². The van der Waals surface area contributed by atoms with Crippen molar-refractivity contribution in [2.75, 3.05) is 0 Å². The smallest absolute Gasteiger partial charge is 0.151 e. The predicted molar refractivity (Wildman–Crippen MR) is 193 cm³/mol. The van der Waals surface area contributed by atoms with Crippen molar-refractivity contribution in [2.24, 2.45) is 4.99 Å². The lowest BCUT2D eigenvalue weighted by atomic mass is 10.0. The number of hydrogen-bond acceptors (Lipinski definition) is 3. The largest absolute Gasteiger partial charge is 0.456 e. The predicted octanol–water partition coefficient (Wildman–Crippen LogP) is 11.2. The van der Waals surface area contributed by atoms with Crippen LogP contribution in [0.5, 0.6) is 0 Å². The van der Waals surface area contributed by atoms with Crippen molar-refractivity contribution in [1.29, 1.82) is 10.8 Å². The van der Waals surface area contributed by atoms with Crippen molar-refractivity contribution in [2.45, 2.75) is 13.8 Å². The van der Waals surface area contributed by atoms with Gasteiger partial charge in [0.25, 0.3) is 0 Å². The Hall–Kier alpha value is -5.87. The minimum atomic E-state index is 0.208. The van der Waals surface area contributed by atoms with E-state index < -0.39 is 0 Å². The second-order valence-corrected chi connectivity index (χ2v) is 10.3. The lowest BCUT2D eigenvalue weighted by molar-refractivity contribution is 0.669. The fourth-order valence-electron chi connectivity index (χ4n) is 4.73. The molecule has 222 valence electrons. The number of amidine groups is 1. The molecule has 0 aliphatic carbocycles. The zero-order valence-electron chi connectivity index (χ0n) is 25.7. The highest BCUT2D eigenvalue weighted by molar-refractivity contribution is 6.05. The van der Waals surface area contributed by atoms with Crippen LogP contribution in [0.4, 0.5) is 0 Å². The SMILES string of the molecule is C=N.C=NC(=N)c1ccc(-c2ccccc2)cc1.Cc1ccc(-c2ccc3c(c2)oc2ccccc23)cc1.Cc1ccccc1. The number of rotatable bonds is 3. The Morgan fingerprint density at radius 3 is 1.58 bits per heavy atom. The second-order valence-electron chi connectivity index (χ2n) is 10.3. The molecule has 0 unspecified atom stereocenters. The van der Waals surface area contributed by atoms with Gasteiger partial charge in [-0.1, -0.05) is 145 Å². The van der Waals surface area contributed by atoms with E-state index in [4.69, 9.17) is 15.2 Å². The van der Waals surface area contributed by atoms with Crippen molar-refractivity contribution in [1.82, 2.24) is 0 Å². The molecule has 4 nitrogen and oxygen atoms in total. The standard InChI is InChI=1S/C19H14O.C14H12N2.C7H8.CH3N/c1-13-6-8-14(9-7-13)15-10-11-17-16-4-2-3-5-18(16)20-19(17)12-15;1-16-14(15)13-9-7-12(8-10-13)11-5-3-2-4-6-11;1-7-5-3-2-4-6-7;1-2/h2-12H,1H3;2-10,15H,1H2;2-6H,1H3;2H,1H2. The van der Waals surface area contributed by atoms with Crippen LogP contribution in [0.3, 0.4) is 0 Å². The third-order valence-corrected chi connectivity index (χ3v) is 7.13. The van der Waals surface area contributed by atoms with Gasteiger partial charge in [-0.05, 0) is 67.7 Å². The second kappa shape index (κ2) is 16.1. The van der Waals surface area contributed by atoms with E-state index in [1.165, 1.54) is 38.6 Å². The summed E-state index contributed by atoms with van der Waals surface area (Å²) in [6, 6.07) is 51.3. The Morgan fingerprint density at radius 1 is 0.511 bits per heavy atom. The van der Waals surface area contributed by atoms with Crippen LogP contribution in [-0.4, -0.2) is 19.3 Å². The zero-order valence-corrected chi connectivity index (χ0v) is 25.7. The van der Waals surface area contributed by atoms with Crippen LogP contribution in [0.2, 0.25) is 0 Å². The van der Waals surface area contributed by atoms with Gasteiger partial charge in [0, 0.05) is 16.3 Å². The molecule has 0 aliphatic heterocycles. The number of furan rings is 1. The molecule has 0 radical (unpaired) electrons. The van der Waals surface area contributed by atoms with E-state index in [0.29, 0.717) is 0 Å². The highest BCUT2D eigenvalue weighted by atomic mass is 16.3. The van der Waals surface area contributed by atoms with E-state index in [9.17, 15) is 0 Å². The van der Waals surface area contributed by atoms with Crippen LogP contribution in [0.15, 0.2) is 161 Å². The molecule has 0 saturated heterocycles. The summed E-state index contributed by atoms with van der Waals surface area (Å²) in [5.41, 5.74) is 10.0. The summed E-state index contributed by atoms with van der Waals surface area (Å²) in [7, 11) is 0. The number of aryl methyl sites for hydroxylation is 2. The molecule has 0 spiro atoms. The zero-order chi connectivity index (χ0) is 32.0. The Balaban J connectivity index is 0.000000165. The van der Waals surface area contributed by atoms with Gasteiger partial charge < -0.3 is 9.83 Å². The fraction of sp³-hybridized carbons (Fsp3) is 0.0488. The number of hydrogen-bond donors (Lipinski definition) is 2. The number of aliphatic imine (C=N–C) groups is 1. The van der Waals surface area contributed by atoms with E-state index in [1.54, 1.807) is 0 Å². The first-order chi connectivity index (χ1) is 22.0. The lowest BCUT2D eigenvalue weighted by Crippen LogP contribution is -1.92. The number of fused-ring (bicyclic) bond motifs is 3. The van der Waals surface area contributed by atoms with Crippen LogP contribution in [0.1, 0.15) is 16.7 Å². The third-order valence-electron chi connectivity index (χ3n) is 7.13. The number of para-hydroxylation sites is 1. The molecular weight excluding hydrogens is 550 g/mol. The molecule has 0 aliphatic rings. The van der Waals surface area contributed by atoms with Crippen LogP contribution < -0.4 is 0 Å². The monoisotopic (exact) mass is 587 g/mol. The molecule has 1 aromatic heterocycles. The van der Waals surface area contributed by atoms with Gasteiger partial charge in [-0.15, -0.1) is 0 Å². The van der Waals surface area contributed by atoms with Gasteiger partial charge in [-0.2, -0.15) is 0 Å². The van der Waals surface area contributed by atoms with Crippen LogP contribution in [0.25, 0.3) is 44.2 Å². The molecule has 7 aromatic rings. The Morgan fingerprint density at radius 2 is 0.978 bits per heavy atom. The lowest BCUT2D eigenvalue weighted by Gasteiger charge is -2.02. The first-order valence-corrected chi connectivity index (χ1v) is 14.6. The normalized spacial score (nSPS) is 9.91. The van der Waals surface area contributed by atoms with Gasteiger partial charge in [-0.25, -0.2) is 4.99 Å². The summed E-state index contributed by atoms with van der Waals surface area (Å²) in [6.45, 7) is 10.0. The van der Waals surface area contributed by atoms with Crippen molar-refractivity contribution in [3.05, 3.63) is 168 Å². The Labute approximate surface area is 265 Å². The van der Waals surface area contributed by atoms with Gasteiger partial charge in [0.15, 0.2) is 5.84 Å². The molecule has 0 atom stereocenters. The average Bonchev–Trinajstić information content (AvgIpc) is 3.48. The summed E-state index contributed by atoms with van der Waals surface area (Å²) in [5, 5.41) is 15.4. The molecule has 7 rings (SSSR count). The van der Waals surface area contributed by atoms with Gasteiger partial charge >= 0.3 is 0 Å². The Kier molecular flexibility index (Phi) is 11.5. The van der Waals surface area contributed by atoms with E-state index in [-0.39, 0.29) is 5.84 Å². The van der Waals surface area contributed by atoms with Crippen LogP contribution in [0, 0.1) is 24.7 Å². The van der Waals surface area contributed by atoms with E-state index in [0.717, 1.165) is 22.3 Å². The first-order valence-electron chi connectivity index (χ1n) is 14.6. The molecule has 0 saturated carbocycles. The summed E-state index contributed by atoms with van der Waals surface area (Å²) in [6.07, 6.45) is 0. The van der Waals surface area contributed by atoms with Crippen molar-refractivity contribution in [3.8, 4) is 22.3 Å². The molecule has 45 heavy (non-hydrogen) atoms. The van der Waals surface area contributed by atoms with Crippen molar-refractivity contribution < 1.29 is 4.42 Å². The maximum absolute atomic E-state index is 7.52. The molecule has 4 heteroatoms. The summed E-state index contributed by atoms with van der Waals surface area (Å²) >= 11 is 0. The topological polar surface area (TPSA) is 73.2 Å². The minimum absolute atomic E-state index is 0.208. The number of nitrogens with zero attached hydrogens (tertiary/aromatic N) is 1. The number of benzene rings is 6. The van der Waals surface area contributed by atoms with Gasteiger partial charge in [0.05, 0.1) is 0 Å². The molecule has 0 bridgehead atoms. The minimum Gasteiger partial charge on any atom is -0.456 e. The molecular formula is C41H37N3O. The Bertz CT molecular complexity index is 1960. The van der Waals surface area contributed by atoms with Gasteiger partial charge in [0.2, 0.25) is 0 Å². The first kappa shape index (κ1) is 32.1. The van der Waals surface area contributed by atoms with E-state index in [2.05, 4.69) is 105 Å². The average molecular weight is 588 g/mol. The third kappa shape index (κ3) is 8.59. The summed E-state index contributed by atoms with van der Waals surface area (Å²) in [4.78, 5) is 3.59. The number of nitrogens with one attached hydrogen (secondary N) is 2. The molecule has 0 fully saturated rings. The highest BCUT2D eigenvalue weighted by Gasteiger charge is 2.07. The van der Waals surface area contributed by atoms with Crippen LogP contribution >= 0.6 is 0 Å². The van der Waals surface area contributed by atoms with Crippen molar-refractivity contribution in [3.63, 3.8) is 0 Å². The summed E-state index contributed by atoms with van der Waals surface area (Å²) < 4.78 is 5.94. The van der Waals surface area contributed by atoms with E-state index in [1.807, 2.05) is 78.9 Å². The molecule has 0 amide bonds. The maximum Gasteiger partial charge on any atom is 0.151 e. The highest BCUT2D eigenvalue weighted by Crippen LogP contribution is 2.32. The van der Waals surface area contributed by atoms with Gasteiger partial charge in [-0.3, -0.25) is 5.41 Å².